The molecule has 0 spiro atoms. The quantitative estimate of drug-likeness (QED) is 0.371. The number of anilines is 1. The van der Waals surface area contributed by atoms with Gasteiger partial charge in [0.1, 0.15) is 0 Å². The molecule has 1 amide bonds. The summed E-state index contributed by atoms with van der Waals surface area (Å²) in [5.41, 5.74) is 6.59. The van der Waals surface area contributed by atoms with Gasteiger partial charge in [0.2, 0.25) is 0 Å². The number of amides is 1. The third kappa shape index (κ3) is 4.23. The topological polar surface area (TPSA) is 51.0 Å². The van der Waals surface area contributed by atoms with Crippen molar-refractivity contribution < 1.29 is 4.79 Å². The van der Waals surface area contributed by atoms with E-state index in [9.17, 15) is 4.79 Å². The number of carbonyl (C=O) groups is 1. The van der Waals surface area contributed by atoms with Gasteiger partial charge in [0.05, 0.1) is 22.5 Å². The van der Waals surface area contributed by atoms with Gasteiger partial charge in [-0.25, -0.2) is 4.98 Å². The zero-order valence-corrected chi connectivity index (χ0v) is 19.9. The van der Waals surface area contributed by atoms with E-state index < -0.39 is 0 Å². The van der Waals surface area contributed by atoms with E-state index in [1.54, 1.807) is 4.90 Å². The standard InChI is InChI=1S/C24H25ClN4OS/c1-14-6-7-19(15(2)12-14)23(30)28(10-11-29-17(4)13-16(3)27-29)24-26-22-18(5)20(25)8-9-21(22)31-24/h6-9,12-13H,10-11H2,1-5H3. The number of thiazole rings is 1. The Bertz CT molecular complexity index is 1290. The molecule has 0 aliphatic carbocycles. The Morgan fingerprint density at radius 3 is 2.55 bits per heavy atom. The van der Waals surface area contributed by atoms with Crippen LogP contribution in [0, 0.1) is 34.6 Å². The summed E-state index contributed by atoms with van der Waals surface area (Å²) in [4.78, 5) is 20.2. The lowest BCUT2D eigenvalue weighted by atomic mass is 10.0. The zero-order valence-electron chi connectivity index (χ0n) is 18.4. The van der Waals surface area contributed by atoms with E-state index >= 15 is 0 Å². The number of aryl methyl sites for hydroxylation is 5. The van der Waals surface area contributed by atoms with Crippen molar-refractivity contribution in [3.63, 3.8) is 0 Å². The van der Waals surface area contributed by atoms with Gasteiger partial charge in [-0.2, -0.15) is 5.10 Å². The first-order valence-corrected chi connectivity index (χ1v) is 11.4. The van der Waals surface area contributed by atoms with Gasteiger partial charge >= 0.3 is 0 Å². The number of aromatic nitrogens is 3. The molecule has 2 heterocycles. The summed E-state index contributed by atoms with van der Waals surface area (Å²) in [6.45, 7) is 11.0. The Balaban J connectivity index is 1.75. The summed E-state index contributed by atoms with van der Waals surface area (Å²) < 4.78 is 2.95. The first-order chi connectivity index (χ1) is 14.7. The van der Waals surface area contributed by atoms with E-state index in [4.69, 9.17) is 16.6 Å². The number of nitrogens with zero attached hydrogens (tertiary/aromatic N) is 4. The van der Waals surface area contributed by atoms with Crippen LogP contribution in [0.15, 0.2) is 36.4 Å². The van der Waals surface area contributed by atoms with Crippen LogP contribution < -0.4 is 4.90 Å². The fraction of sp³-hybridized carbons (Fsp3) is 0.292. The minimum absolute atomic E-state index is 0.0539. The van der Waals surface area contributed by atoms with Crippen LogP contribution in [-0.2, 0) is 6.54 Å². The molecule has 4 rings (SSSR count). The number of benzene rings is 2. The average molecular weight is 453 g/mol. The van der Waals surface area contributed by atoms with Crippen LogP contribution in [0.1, 0.15) is 38.4 Å². The zero-order chi connectivity index (χ0) is 22.3. The summed E-state index contributed by atoms with van der Waals surface area (Å²) in [6, 6.07) is 11.8. The third-order valence-electron chi connectivity index (χ3n) is 5.46. The van der Waals surface area contributed by atoms with Crippen LogP contribution in [0.4, 0.5) is 5.13 Å². The Hall–Kier alpha value is -2.70. The predicted octanol–water partition coefficient (Wildman–Crippen LogP) is 6.04. The average Bonchev–Trinajstić information content (AvgIpc) is 3.28. The monoisotopic (exact) mass is 452 g/mol. The van der Waals surface area contributed by atoms with Crippen molar-refractivity contribution in [1.82, 2.24) is 14.8 Å². The van der Waals surface area contributed by atoms with Gasteiger partial charge in [-0.05, 0) is 70.0 Å². The van der Waals surface area contributed by atoms with Crippen LogP contribution in [0.3, 0.4) is 0 Å². The lowest BCUT2D eigenvalue weighted by molar-refractivity contribution is 0.0985. The second-order valence-electron chi connectivity index (χ2n) is 7.94. The van der Waals surface area contributed by atoms with Crippen molar-refractivity contribution in [2.75, 3.05) is 11.4 Å². The van der Waals surface area contributed by atoms with Gasteiger partial charge in [-0.3, -0.25) is 14.4 Å². The summed E-state index contributed by atoms with van der Waals surface area (Å²) in [5.74, 6) is -0.0539. The molecule has 0 saturated carbocycles. The van der Waals surface area contributed by atoms with Gasteiger partial charge in [-0.15, -0.1) is 0 Å². The molecular formula is C24H25ClN4OS. The fourth-order valence-electron chi connectivity index (χ4n) is 3.78. The molecule has 160 valence electrons. The predicted molar refractivity (Wildman–Crippen MR) is 129 cm³/mol. The summed E-state index contributed by atoms with van der Waals surface area (Å²) in [7, 11) is 0. The van der Waals surface area contributed by atoms with Crippen LogP contribution >= 0.6 is 22.9 Å². The summed E-state index contributed by atoms with van der Waals surface area (Å²) in [5, 5.41) is 5.90. The SMILES string of the molecule is Cc1ccc(C(=O)N(CCn2nc(C)cc2C)c2nc3c(C)c(Cl)ccc3s2)c(C)c1. The molecule has 4 aromatic rings. The fourth-order valence-corrected chi connectivity index (χ4v) is 4.99. The molecule has 0 unspecified atom stereocenters. The maximum absolute atomic E-state index is 13.7. The van der Waals surface area contributed by atoms with Gasteiger partial charge in [0, 0.05) is 22.8 Å². The van der Waals surface area contributed by atoms with Crippen LogP contribution in [0.2, 0.25) is 5.02 Å². The molecule has 0 aliphatic rings. The smallest absolute Gasteiger partial charge is 0.260 e. The van der Waals surface area contributed by atoms with Crippen molar-refractivity contribution in [1.29, 1.82) is 0 Å². The molecule has 31 heavy (non-hydrogen) atoms. The van der Waals surface area contributed by atoms with Gasteiger partial charge in [-0.1, -0.05) is 40.6 Å². The highest BCUT2D eigenvalue weighted by Crippen LogP contribution is 2.34. The number of fused-ring (bicyclic) bond motifs is 1. The molecule has 0 bridgehead atoms. The van der Waals surface area contributed by atoms with Crippen molar-refractivity contribution in [3.05, 3.63) is 75.1 Å². The molecule has 0 saturated heterocycles. The minimum atomic E-state index is -0.0539. The summed E-state index contributed by atoms with van der Waals surface area (Å²) in [6.07, 6.45) is 0. The van der Waals surface area contributed by atoms with E-state index in [1.807, 2.05) is 75.7 Å². The highest BCUT2D eigenvalue weighted by Gasteiger charge is 2.23. The van der Waals surface area contributed by atoms with Gasteiger partial charge < -0.3 is 0 Å². The van der Waals surface area contributed by atoms with Crippen molar-refractivity contribution in [2.45, 2.75) is 41.2 Å². The highest BCUT2D eigenvalue weighted by atomic mass is 35.5. The maximum Gasteiger partial charge on any atom is 0.260 e. The number of hydrogen-bond donors (Lipinski definition) is 0. The van der Waals surface area contributed by atoms with Crippen molar-refractivity contribution in [3.8, 4) is 0 Å². The van der Waals surface area contributed by atoms with E-state index in [0.29, 0.717) is 28.8 Å². The van der Waals surface area contributed by atoms with E-state index in [1.165, 1.54) is 11.3 Å². The Labute approximate surface area is 191 Å². The molecule has 0 fully saturated rings. The number of halogens is 1. The Morgan fingerprint density at radius 2 is 1.87 bits per heavy atom. The number of rotatable bonds is 5. The molecule has 0 aliphatic heterocycles. The highest BCUT2D eigenvalue weighted by molar-refractivity contribution is 7.22. The van der Waals surface area contributed by atoms with Crippen LogP contribution in [-0.4, -0.2) is 27.2 Å². The second kappa shape index (κ2) is 8.44. The van der Waals surface area contributed by atoms with Gasteiger partial charge in [0.25, 0.3) is 5.91 Å². The van der Waals surface area contributed by atoms with Crippen molar-refractivity contribution >= 4 is 44.2 Å². The molecule has 0 atom stereocenters. The molecule has 2 aromatic carbocycles. The van der Waals surface area contributed by atoms with Crippen LogP contribution in [0.5, 0.6) is 0 Å². The lowest BCUT2D eigenvalue weighted by Gasteiger charge is -2.21. The molecule has 2 aromatic heterocycles. The maximum atomic E-state index is 13.7. The third-order valence-corrected chi connectivity index (χ3v) is 6.92. The molecule has 7 heteroatoms. The minimum Gasteiger partial charge on any atom is -0.282 e. The molecule has 5 nitrogen and oxygen atoms in total. The van der Waals surface area contributed by atoms with E-state index in [-0.39, 0.29) is 5.91 Å². The number of carbonyl (C=O) groups excluding carboxylic acids is 1. The van der Waals surface area contributed by atoms with E-state index in [2.05, 4.69) is 5.10 Å². The van der Waals surface area contributed by atoms with Crippen molar-refractivity contribution in [2.24, 2.45) is 0 Å². The normalized spacial score (nSPS) is 11.3. The van der Waals surface area contributed by atoms with Crippen LogP contribution in [0.25, 0.3) is 10.2 Å². The second-order valence-corrected chi connectivity index (χ2v) is 9.36. The summed E-state index contributed by atoms with van der Waals surface area (Å²) >= 11 is 7.81. The van der Waals surface area contributed by atoms with E-state index in [0.717, 1.165) is 38.3 Å². The molecular weight excluding hydrogens is 428 g/mol. The Morgan fingerprint density at radius 1 is 1.10 bits per heavy atom. The van der Waals surface area contributed by atoms with Gasteiger partial charge in [0.15, 0.2) is 5.13 Å². The first-order valence-electron chi connectivity index (χ1n) is 10.2. The lowest BCUT2D eigenvalue weighted by Crippen LogP contribution is -2.34. The molecule has 0 N–H and O–H groups in total. The first kappa shape index (κ1) is 21.5. The molecule has 0 radical (unpaired) electrons. The largest absolute Gasteiger partial charge is 0.282 e. The number of hydrogen-bond acceptors (Lipinski definition) is 4. The Kier molecular flexibility index (Phi) is 5.86.